The number of ether oxygens (including phenoxy) is 1. The van der Waals surface area contributed by atoms with Crippen molar-refractivity contribution in [2.45, 2.75) is 18.2 Å². The van der Waals surface area contributed by atoms with Gasteiger partial charge in [0.05, 0.1) is 32.4 Å². The van der Waals surface area contributed by atoms with Gasteiger partial charge in [0, 0.05) is 22.9 Å². The highest BCUT2D eigenvalue weighted by molar-refractivity contribution is 7.93. The highest BCUT2D eigenvalue weighted by Gasteiger charge is 2.15. The molecule has 4 rings (SSSR count). The van der Waals surface area contributed by atoms with E-state index in [0.717, 1.165) is 33.1 Å². The SMILES string of the molecule is CCc1nc(-c2ccccc2)c(-c2ccnc(N=S(C)(=O)c3ccc(OC)cc3)c2)s1. The maximum absolute atomic E-state index is 13.3. The van der Waals surface area contributed by atoms with Gasteiger partial charge >= 0.3 is 0 Å². The van der Waals surface area contributed by atoms with Crippen LogP contribution in [-0.4, -0.2) is 27.5 Å². The number of hydrogen-bond donors (Lipinski definition) is 0. The first-order valence-electron chi connectivity index (χ1n) is 9.88. The number of aryl methyl sites for hydroxylation is 1. The lowest BCUT2D eigenvalue weighted by atomic mass is 10.1. The summed E-state index contributed by atoms with van der Waals surface area (Å²) >= 11 is 1.67. The van der Waals surface area contributed by atoms with Crippen LogP contribution in [0.25, 0.3) is 21.7 Å². The van der Waals surface area contributed by atoms with Gasteiger partial charge in [0.15, 0.2) is 5.82 Å². The Morgan fingerprint density at radius 3 is 2.45 bits per heavy atom. The van der Waals surface area contributed by atoms with Crippen LogP contribution >= 0.6 is 11.3 Å². The Balaban J connectivity index is 1.76. The Bertz CT molecular complexity index is 1310. The minimum atomic E-state index is -2.65. The zero-order chi connectivity index (χ0) is 21.8. The van der Waals surface area contributed by atoms with Gasteiger partial charge in [-0.25, -0.2) is 14.2 Å². The minimum Gasteiger partial charge on any atom is -0.497 e. The van der Waals surface area contributed by atoms with E-state index in [1.807, 2.05) is 30.3 Å². The minimum absolute atomic E-state index is 0.436. The van der Waals surface area contributed by atoms with Crippen LogP contribution < -0.4 is 4.74 Å². The molecule has 7 heteroatoms. The Labute approximate surface area is 187 Å². The highest BCUT2D eigenvalue weighted by atomic mass is 32.2. The van der Waals surface area contributed by atoms with Crippen molar-refractivity contribution < 1.29 is 8.95 Å². The van der Waals surface area contributed by atoms with Crippen LogP contribution in [0, 0.1) is 0 Å². The molecule has 0 aliphatic carbocycles. The molecule has 0 amide bonds. The van der Waals surface area contributed by atoms with Crippen LogP contribution in [0.2, 0.25) is 0 Å². The smallest absolute Gasteiger partial charge is 0.162 e. The van der Waals surface area contributed by atoms with E-state index < -0.39 is 9.73 Å². The van der Waals surface area contributed by atoms with Crippen molar-refractivity contribution in [1.29, 1.82) is 0 Å². The summed E-state index contributed by atoms with van der Waals surface area (Å²) < 4.78 is 23.0. The van der Waals surface area contributed by atoms with E-state index in [1.165, 1.54) is 0 Å². The second-order valence-electron chi connectivity index (χ2n) is 6.98. The van der Waals surface area contributed by atoms with Gasteiger partial charge in [-0.05, 0) is 48.4 Å². The van der Waals surface area contributed by atoms with Gasteiger partial charge in [-0.1, -0.05) is 37.3 Å². The Morgan fingerprint density at radius 2 is 1.77 bits per heavy atom. The first-order chi connectivity index (χ1) is 15.0. The molecule has 0 saturated carbocycles. The molecule has 4 aromatic rings. The Morgan fingerprint density at radius 1 is 1.03 bits per heavy atom. The number of methoxy groups -OCH3 is 1. The second kappa shape index (κ2) is 8.99. The third-order valence-electron chi connectivity index (χ3n) is 4.79. The first kappa shape index (κ1) is 21.2. The molecule has 1 unspecified atom stereocenters. The number of nitrogens with zero attached hydrogens (tertiary/aromatic N) is 3. The predicted molar refractivity (Wildman–Crippen MR) is 128 cm³/mol. The van der Waals surface area contributed by atoms with Crippen LogP contribution in [-0.2, 0) is 16.1 Å². The number of rotatable bonds is 6. The molecule has 5 nitrogen and oxygen atoms in total. The number of thiazole rings is 1. The van der Waals surface area contributed by atoms with Gasteiger partial charge in [0.2, 0.25) is 0 Å². The molecular formula is C24H23N3O2S2. The van der Waals surface area contributed by atoms with E-state index in [0.29, 0.717) is 16.5 Å². The number of hydrogen-bond acceptors (Lipinski definition) is 6. The fourth-order valence-electron chi connectivity index (χ4n) is 3.17. The lowest BCUT2D eigenvalue weighted by Crippen LogP contribution is -1.97. The van der Waals surface area contributed by atoms with Gasteiger partial charge in [0.1, 0.15) is 5.75 Å². The monoisotopic (exact) mass is 449 g/mol. The van der Waals surface area contributed by atoms with Crippen LogP contribution in [0.4, 0.5) is 5.82 Å². The largest absolute Gasteiger partial charge is 0.497 e. The average Bonchev–Trinajstić information content (AvgIpc) is 3.24. The van der Waals surface area contributed by atoms with Crippen molar-refractivity contribution in [1.82, 2.24) is 9.97 Å². The van der Waals surface area contributed by atoms with Crippen molar-refractivity contribution in [3.63, 3.8) is 0 Å². The fraction of sp³-hybridized carbons (Fsp3) is 0.167. The molecule has 0 radical (unpaired) electrons. The standard InChI is InChI=1S/C24H23N3O2S2/c1-4-22-26-23(17-8-6-5-7-9-17)24(30-22)18-14-15-25-21(16-18)27-31(3,28)20-12-10-19(29-2)11-13-20/h5-16H,4H2,1-3H3. The molecule has 2 aromatic heterocycles. The molecule has 2 aromatic carbocycles. The molecule has 158 valence electrons. The van der Waals surface area contributed by atoms with Crippen molar-refractivity contribution >= 4 is 26.9 Å². The molecule has 0 fully saturated rings. The first-order valence-corrected chi connectivity index (χ1v) is 12.6. The topological polar surface area (TPSA) is 64.4 Å². The average molecular weight is 450 g/mol. The van der Waals surface area contributed by atoms with Gasteiger partial charge in [0.25, 0.3) is 0 Å². The van der Waals surface area contributed by atoms with E-state index in [2.05, 4.69) is 28.4 Å². The maximum atomic E-state index is 13.3. The van der Waals surface area contributed by atoms with Gasteiger partial charge in [-0.3, -0.25) is 0 Å². The summed E-state index contributed by atoms with van der Waals surface area (Å²) in [5.74, 6) is 1.15. The lowest BCUT2D eigenvalue weighted by molar-refractivity contribution is 0.414. The van der Waals surface area contributed by atoms with E-state index in [4.69, 9.17) is 9.72 Å². The van der Waals surface area contributed by atoms with E-state index in [1.54, 1.807) is 55.2 Å². The van der Waals surface area contributed by atoms with Crippen LogP contribution in [0.1, 0.15) is 11.9 Å². The second-order valence-corrected chi connectivity index (χ2v) is 10.3. The zero-order valence-electron chi connectivity index (χ0n) is 17.6. The fourth-order valence-corrected chi connectivity index (χ4v) is 5.40. The van der Waals surface area contributed by atoms with Crippen LogP contribution in [0.3, 0.4) is 0 Å². The van der Waals surface area contributed by atoms with Crippen LogP contribution in [0.5, 0.6) is 5.75 Å². The van der Waals surface area contributed by atoms with E-state index >= 15 is 0 Å². The molecule has 31 heavy (non-hydrogen) atoms. The molecule has 0 bridgehead atoms. The Hall–Kier alpha value is -3.03. The molecule has 0 aliphatic heterocycles. The Kier molecular flexibility index (Phi) is 6.15. The summed E-state index contributed by atoms with van der Waals surface area (Å²) in [5.41, 5.74) is 2.99. The molecule has 0 saturated heterocycles. The maximum Gasteiger partial charge on any atom is 0.162 e. The van der Waals surface area contributed by atoms with E-state index in [9.17, 15) is 4.21 Å². The number of pyridine rings is 1. The van der Waals surface area contributed by atoms with Crippen LogP contribution in [0.15, 0.2) is 82.2 Å². The molecule has 0 spiro atoms. The van der Waals surface area contributed by atoms with Crippen molar-refractivity contribution in [2.75, 3.05) is 13.4 Å². The third kappa shape index (κ3) is 4.68. The summed E-state index contributed by atoms with van der Waals surface area (Å²) in [4.78, 5) is 10.9. The number of benzene rings is 2. The lowest BCUT2D eigenvalue weighted by Gasteiger charge is -2.07. The van der Waals surface area contributed by atoms with Gasteiger partial charge in [-0.15, -0.1) is 11.3 Å². The van der Waals surface area contributed by atoms with Crippen molar-refractivity contribution in [3.8, 4) is 27.4 Å². The molecule has 0 N–H and O–H groups in total. The molecule has 2 heterocycles. The van der Waals surface area contributed by atoms with Gasteiger partial charge in [-0.2, -0.15) is 4.36 Å². The summed E-state index contributed by atoms with van der Waals surface area (Å²) in [6, 6.07) is 21.1. The highest BCUT2D eigenvalue weighted by Crippen LogP contribution is 2.38. The zero-order valence-corrected chi connectivity index (χ0v) is 19.2. The normalized spacial score (nSPS) is 12.9. The predicted octanol–water partition coefficient (Wildman–Crippen LogP) is 6.23. The summed E-state index contributed by atoms with van der Waals surface area (Å²) in [5, 5.41) is 1.07. The molecular weight excluding hydrogens is 426 g/mol. The van der Waals surface area contributed by atoms with Crippen molar-refractivity contribution in [2.24, 2.45) is 4.36 Å². The molecule has 0 aliphatic rings. The quantitative estimate of drug-likeness (QED) is 0.350. The summed E-state index contributed by atoms with van der Waals surface area (Å²) in [6.07, 6.45) is 4.20. The third-order valence-corrected chi connectivity index (χ3v) is 7.72. The van der Waals surface area contributed by atoms with Gasteiger partial charge < -0.3 is 4.74 Å². The van der Waals surface area contributed by atoms with Crippen molar-refractivity contribution in [3.05, 3.63) is 77.9 Å². The summed E-state index contributed by atoms with van der Waals surface area (Å²) in [6.45, 7) is 2.10. The molecule has 1 atom stereocenters. The number of aromatic nitrogens is 2. The van der Waals surface area contributed by atoms with E-state index in [-0.39, 0.29) is 0 Å². The summed E-state index contributed by atoms with van der Waals surface area (Å²) in [7, 11) is -1.05.